The van der Waals surface area contributed by atoms with Gasteiger partial charge in [0, 0.05) is 6.54 Å². The molecular weight excluding hydrogens is 272 g/mol. The molecule has 2 aromatic heterocycles. The fourth-order valence-corrected chi connectivity index (χ4v) is 2.05. The van der Waals surface area contributed by atoms with Gasteiger partial charge < -0.3 is 15.5 Å². The monoisotopic (exact) mass is 292 g/mol. The molecule has 0 saturated carbocycles. The molecule has 7 heteroatoms. The first-order valence-electron chi connectivity index (χ1n) is 6.94. The Morgan fingerprint density at radius 1 is 1.38 bits per heavy atom. The number of hydrogen-bond donors (Lipinski definition) is 3. The molecule has 114 valence electrons. The van der Waals surface area contributed by atoms with Gasteiger partial charge in [0.05, 0.1) is 6.54 Å². The van der Waals surface area contributed by atoms with Gasteiger partial charge in [-0.2, -0.15) is 0 Å². The highest BCUT2D eigenvalue weighted by Gasteiger charge is 2.12. The molecule has 0 unspecified atom stereocenters. The Kier molecular flexibility index (Phi) is 4.52. The van der Waals surface area contributed by atoms with Crippen LogP contribution in [0.3, 0.4) is 0 Å². The maximum absolute atomic E-state index is 11.9. The second-order valence-electron chi connectivity index (χ2n) is 4.89. The molecule has 2 rings (SSSR count). The van der Waals surface area contributed by atoms with E-state index >= 15 is 0 Å². The Morgan fingerprint density at radius 3 is 2.76 bits per heavy atom. The lowest BCUT2D eigenvalue weighted by Crippen LogP contribution is -2.34. The molecule has 0 atom stereocenters. The number of nitrogens with one attached hydrogen (secondary N) is 2. The summed E-state index contributed by atoms with van der Waals surface area (Å²) in [7, 11) is 0. The zero-order chi connectivity index (χ0) is 15.4. The molecule has 0 aliphatic carbocycles. The molecule has 0 aromatic carbocycles. The lowest BCUT2D eigenvalue weighted by Gasteiger charge is -2.13. The number of nitrogens with zero attached hydrogens (tertiary/aromatic N) is 1. The minimum Gasteiger partial charge on any atom is -0.465 e. The SMILES string of the molecule is CCCCn1c(N)c(NCc2ccc(C)o2)c(=O)[nH]c1=O. The summed E-state index contributed by atoms with van der Waals surface area (Å²) in [6.07, 6.45) is 1.74. The average molecular weight is 292 g/mol. The van der Waals surface area contributed by atoms with E-state index in [9.17, 15) is 9.59 Å². The van der Waals surface area contributed by atoms with E-state index in [1.54, 1.807) is 0 Å². The Balaban J connectivity index is 2.26. The fourth-order valence-electron chi connectivity index (χ4n) is 2.05. The molecule has 2 aromatic rings. The van der Waals surface area contributed by atoms with Crippen LogP contribution in [0.5, 0.6) is 0 Å². The summed E-state index contributed by atoms with van der Waals surface area (Å²) in [6.45, 7) is 4.67. The van der Waals surface area contributed by atoms with E-state index in [1.165, 1.54) is 4.57 Å². The first-order valence-corrected chi connectivity index (χ1v) is 6.94. The lowest BCUT2D eigenvalue weighted by molar-refractivity contribution is 0.490. The van der Waals surface area contributed by atoms with Crippen molar-refractivity contribution in [3.05, 3.63) is 44.5 Å². The minimum atomic E-state index is -0.520. The standard InChI is InChI=1S/C14H20N4O3/c1-3-4-7-18-12(15)11(13(19)17-14(18)20)16-8-10-6-5-9(2)21-10/h5-6,16H,3-4,7-8,15H2,1-2H3,(H,17,19,20). The van der Waals surface area contributed by atoms with Crippen LogP contribution in [0.15, 0.2) is 26.1 Å². The average Bonchev–Trinajstić information content (AvgIpc) is 2.84. The number of nitrogen functional groups attached to an aromatic ring is 1. The van der Waals surface area contributed by atoms with Crippen molar-refractivity contribution < 1.29 is 4.42 Å². The van der Waals surface area contributed by atoms with Gasteiger partial charge in [0.25, 0.3) is 5.56 Å². The second-order valence-corrected chi connectivity index (χ2v) is 4.89. The summed E-state index contributed by atoms with van der Waals surface area (Å²) in [5.41, 5.74) is 5.14. The van der Waals surface area contributed by atoms with Crippen LogP contribution < -0.4 is 22.3 Å². The van der Waals surface area contributed by atoms with E-state index < -0.39 is 11.2 Å². The van der Waals surface area contributed by atoms with Gasteiger partial charge in [0.15, 0.2) is 0 Å². The Hall–Kier alpha value is -2.44. The third kappa shape index (κ3) is 3.36. The van der Waals surface area contributed by atoms with Gasteiger partial charge in [-0.05, 0) is 25.5 Å². The fraction of sp³-hybridized carbons (Fsp3) is 0.429. The van der Waals surface area contributed by atoms with Crippen molar-refractivity contribution in [3.63, 3.8) is 0 Å². The zero-order valence-electron chi connectivity index (χ0n) is 12.2. The Labute approximate surface area is 121 Å². The highest BCUT2D eigenvalue weighted by Crippen LogP contribution is 2.13. The number of rotatable bonds is 6. The maximum atomic E-state index is 11.9. The molecule has 0 aliphatic heterocycles. The van der Waals surface area contributed by atoms with Crippen molar-refractivity contribution in [2.45, 2.75) is 39.8 Å². The number of H-pyrrole nitrogens is 1. The largest absolute Gasteiger partial charge is 0.465 e. The van der Waals surface area contributed by atoms with Crippen LogP contribution in [-0.4, -0.2) is 9.55 Å². The normalized spacial score (nSPS) is 10.8. The van der Waals surface area contributed by atoms with E-state index in [0.29, 0.717) is 18.8 Å². The van der Waals surface area contributed by atoms with Gasteiger partial charge >= 0.3 is 5.69 Å². The van der Waals surface area contributed by atoms with Crippen molar-refractivity contribution in [2.24, 2.45) is 0 Å². The smallest absolute Gasteiger partial charge is 0.330 e. The van der Waals surface area contributed by atoms with Crippen LogP contribution in [0.25, 0.3) is 0 Å². The van der Waals surface area contributed by atoms with E-state index in [-0.39, 0.29) is 11.5 Å². The molecular formula is C14H20N4O3. The molecule has 0 radical (unpaired) electrons. The molecule has 0 bridgehead atoms. The van der Waals surface area contributed by atoms with Crippen molar-refractivity contribution in [1.29, 1.82) is 0 Å². The zero-order valence-corrected chi connectivity index (χ0v) is 12.2. The van der Waals surface area contributed by atoms with Crippen LogP contribution in [0, 0.1) is 6.92 Å². The Bertz CT molecular complexity index is 727. The van der Waals surface area contributed by atoms with Gasteiger partial charge in [-0.15, -0.1) is 0 Å². The lowest BCUT2D eigenvalue weighted by atomic mass is 10.3. The number of unbranched alkanes of at least 4 members (excludes halogenated alkanes) is 1. The molecule has 2 heterocycles. The molecule has 4 N–H and O–H groups in total. The first-order chi connectivity index (χ1) is 10.0. The molecule has 7 nitrogen and oxygen atoms in total. The molecule has 0 saturated heterocycles. The van der Waals surface area contributed by atoms with Crippen LogP contribution >= 0.6 is 0 Å². The van der Waals surface area contributed by atoms with Crippen molar-refractivity contribution in [1.82, 2.24) is 9.55 Å². The Morgan fingerprint density at radius 2 is 2.14 bits per heavy atom. The minimum absolute atomic E-state index is 0.153. The highest BCUT2D eigenvalue weighted by molar-refractivity contribution is 5.60. The van der Waals surface area contributed by atoms with Crippen molar-refractivity contribution in [3.8, 4) is 0 Å². The highest BCUT2D eigenvalue weighted by atomic mass is 16.3. The van der Waals surface area contributed by atoms with Gasteiger partial charge in [0.2, 0.25) is 0 Å². The molecule has 21 heavy (non-hydrogen) atoms. The number of furan rings is 1. The van der Waals surface area contributed by atoms with Gasteiger partial charge in [0.1, 0.15) is 23.0 Å². The van der Waals surface area contributed by atoms with Gasteiger partial charge in [-0.3, -0.25) is 14.3 Å². The summed E-state index contributed by atoms with van der Waals surface area (Å²) < 4.78 is 6.80. The number of aromatic nitrogens is 2. The third-order valence-corrected chi connectivity index (χ3v) is 3.21. The summed E-state index contributed by atoms with van der Waals surface area (Å²) >= 11 is 0. The summed E-state index contributed by atoms with van der Waals surface area (Å²) in [5, 5.41) is 2.93. The quantitative estimate of drug-likeness (QED) is 0.747. The van der Waals surface area contributed by atoms with Crippen molar-refractivity contribution >= 4 is 11.5 Å². The molecule has 0 aliphatic rings. The topological polar surface area (TPSA) is 106 Å². The number of aryl methyl sites for hydroxylation is 1. The molecule has 0 amide bonds. The number of nitrogens with two attached hydrogens (primary N) is 1. The second kappa shape index (κ2) is 6.34. The van der Waals surface area contributed by atoms with E-state index in [4.69, 9.17) is 10.2 Å². The number of hydrogen-bond acceptors (Lipinski definition) is 5. The summed E-state index contributed by atoms with van der Waals surface area (Å²) in [5.74, 6) is 1.64. The van der Waals surface area contributed by atoms with Crippen LogP contribution in [0.4, 0.5) is 11.5 Å². The van der Waals surface area contributed by atoms with Gasteiger partial charge in [-0.25, -0.2) is 4.79 Å². The maximum Gasteiger partial charge on any atom is 0.330 e. The van der Waals surface area contributed by atoms with Crippen LogP contribution in [0.1, 0.15) is 31.3 Å². The van der Waals surface area contributed by atoms with E-state index in [1.807, 2.05) is 26.0 Å². The predicted octanol–water partition coefficient (Wildman–Crippen LogP) is 1.43. The van der Waals surface area contributed by atoms with Crippen molar-refractivity contribution in [2.75, 3.05) is 11.1 Å². The predicted molar refractivity (Wildman–Crippen MR) is 81.4 cm³/mol. The number of aromatic amines is 1. The summed E-state index contributed by atoms with van der Waals surface area (Å²) in [6, 6.07) is 3.66. The van der Waals surface area contributed by atoms with Crippen LogP contribution in [-0.2, 0) is 13.1 Å². The summed E-state index contributed by atoms with van der Waals surface area (Å²) in [4.78, 5) is 25.9. The molecule has 0 fully saturated rings. The van der Waals surface area contributed by atoms with E-state index in [2.05, 4.69) is 10.3 Å². The first kappa shape index (κ1) is 15.0. The molecule has 0 spiro atoms. The van der Waals surface area contributed by atoms with E-state index in [0.717, 1.165) is 18.6 Å². The number of anilines is 2. The van der Waals surface area contributed by atoms with Crippen LogP contribution in [0.2, 0.25) is 0 Å². The third-order valence-electron chi connectivity index (χ3n) is 3.21. The van der Waals surface area contributed by atoms with Gasteiger partial charge in [-0.1, -0.05) is 13.3 Å².